The van der Waals surface area contributed by atoms with Crippen LogP contribution in [-0.2, 0) is 19.6 Å². The average Bonchev–Trinajstić information content (AvgIpc) is 3.52. The van der Waals surface area contributed by atoms with Crippen molar-refractivity contribution in [3.8, 4) is 0 Å². The molecule has 13 heteroatoms. The largest absolute Gasteiger partial charge is 0.366 e. The Bertz CT molecular complexity index is 1590. The van der Waals surface area contributed by atoms with Crippen LogP contribution in [0.3, 0.4) is 0 Å². The van der Waals surface area contributed by atoms with Gasteiger partial charge in [-0.2, -0.15) is 0 Å². The quantitative estimate of drug-likeness (QED) is 0.358. The number of fused-ring (bicyclic) bond motifs is 2. The van der Waals surface area contributed by atoms with Gasteiger partial charge in [0.2, 0.25) is 17.2 Å². The van der Waals surface area contributed by atoms with E-state index in [0.29, 0.717) is 40.9 Å². The zero-order valence-electron chi connectivity index (χ0n) is 23.0. The SMILES string of the molecule is CC(F)(c1ccc2sc(C(=O)NC3CCC[C@H]4CC[C@@H](C(=O)N5CC(c6cccnc6)C5)N4C3=O)cc2c1)P(=O)(O)O. The summed E-state index contributed by atoms with van der Waals surface area (Å²) in [6.45, 7) is 2.02. The van der Waals surface area contributed by atoms with Crippen LogP contribution in [0.2, 0.25) is 0 Å². The second-order valence-electron chi connectivity index (χ2n) is 11.5. The Balaban J connectivity index is 1.15. The normalized spacial score (nSPS) is 24.6. The molecule has 0 saturated carbocycles. The molecule has 3 amide bonds. The van der Waals surface area contributed by atoms with Gasteiger partial charge in [0.15, 0.2) is 0 Å². The molecule has 4 atom stereocenters. The first-order chi connectivity index (χ1) is 19.9. The third-order valence-electron chi connectivity index (χ3n) is 8.84. The molecule has 3 fully saturated rings. The second kappa shape index (κ2) is 10.8. The molecule has 1 aromatic carbocycles. The number of halogens is 1. The minimum Gasteiger partial charge on any atom is -0.340 e. The highest BCUT2D eigenvalue weighted by atomic mass is 32.1. The molecule has 0 aliphatic carbocycles. The molecule has 5 heterocycles. The molecular weight excluding hydrogens is 582 g/mol. The van der Waals surface area contributed by atoms with E-state index in [1.54, 1.807) is 16.0 Å². The van der Waals surface area contributed by atoms with E-state index >= 15 is 0 Å². The molecule has 3 aromatic rings. The van der Waals surface area contributed by atoms with E-state index in [2.05, 4.69) is 10.3 Å². The first-order valence-corrected chi connectivity index (χ1v) is 16.5. The molecule has 42 heavy (non-hydrogen) atoms. The van der Waals surface area contributed by atoms with E-state index in [1.165, 1.54) is 24.3 Å². The Hall–Kier alpha value is -3.18. The minimum atomic E-state index is -5.07. The lowest BCUT2D eigenvalue weighted by Crippen LogP contribution is -2.58. The zero-order valence-corrected chi connectivity index (χ0v) is 24.7. The number of likely N-dealkylation sites (tertiary alicyclic amines) is 1. The molecule has 3 saturated heterocycles. The lowest BCUT2D eigenvalue weighted by molar-refractivity contribution is -0.148. The summed E-state index contributed by atoms with van der Waals surface area (Å²) in [4.78, 5) is 67.4. The Morgan fingerprint density at radius 2 is 1.93 bits per heavy atom. The molecule has 0 spiro atoms. The van der Waals surface area contributed by atoms with E-state index in [1.807, 2.05) is 18.3 Å². The lowest BCUT2D eigenvalue weighted by atomic mass is 9.92. The summed E-state index contributed by atoms with van der Waals surface area (Å²) in [7, 11) is -5.07. The monoisotopic (exact) mass is 614 g/mol. The average molecular weight is 615 g/mol. The van der Waals surface area contributed by atoms with E-state index in [-0.39, 0.29) is 29.3 Å². The number of hydrogen-bond donors (Lipinski definition) is 3. The smallest absolute Gasteiger partial charge is 0.340 e. The molecule has 222 valence electrons. The Morgan fingerprint density at radius 3 is 2.64 bits per heavy atom. The number of hydrogen-bond acceptors (Lipinski definition) is 6. The van der Waals surface area contributed by atoms with Gasteiger partial charge in [0.25, 0.3) is 5.91 Å². The van der Waals surface area contributed by atoms with Crippen molar-refractivity contribution in [2.24, 2.45) is 0 Å². The standard InChI is InChI=1S/C29H32FN4O6PS/c1-29(30,41(38,39)40)20-7-10-24-18(12-20)13-25(42-24)26(35)32-22-6-2-5-21-8-9-23(34(21)27(22)36)28(37)33-15-19(16-33)17-4-3-11-31-14-17/h3-4,7,10-14,19,21-23H,2,5-6,8-9,15-16H2,1H3,(H,32,35)(H2,38,39,40)/t21-,22?,23-,29?/m0/s1. The van der Waals surface area contributed by atoms with E-state index in [0.717, 1.165) is 43.1 Å². The minimum absolute atomic E-state index is 0.0319. The van der Waals surface area contributed by atoms with Crippen molar-refractivity contribution in [1.82, 2.24) is 20.1 Å². The first-order valence-electron chi connectivity index (χ1n) is 14.0. The van der Waals surface area contributed by atoms with Gasteiger partial charge in [0.1, 0.15) is 12.1 Å². The Labute approximate surface area is 246 Å². The fourth-order valence-corrected chi connectivity index (χ4v) is 7.69. The summed E-state index contributed by atoms with van der Waals surface area (Å²) >= 11 is 1.15. The number of aromatic nitrogens is 1. The number of amides is 3. The van der Waals surface area contributed by atoms with Crippen LogP contribution in [0.25, 0.3) is 10.1 Å². The van der Waals surface area contributed by atoms with Crippen LogP contribution in [0.15, 0.2) is 48.8 Å². The summed E-state index contributed by atoms with van der Waals surface area (Å²) < 4.78 is 27.2. The predicted molar refractivity (Wildman–Crippen MR) is 155 cm³/mol. The number of benzene rings is 1. The number of thiophene rings is 1. The van der Waals surface area contributed by atoms with Gasteiger partial charge in [-0.05, 0) is 74.2 Å². The Kier molecular flexibility index (Phi) is 7.45. The van der Waals surface area contributed by atoms with Gasteiger partial charge in [-0.25, -0.2) is 4.39 Å². The molecular formula is C29H32FN4O6PS. The fourth-order valence-electron chi connectivity index (χ4n) is 6.27. The molecule has 3 aliphatic rings. The van der Waals surface area contributed by atoms with Gasteiger partial charge < -0.3 is 24.9 Å². The van der Waals surface area contributed by atoms with Gasteiger partial charge in [0, 0.05) is 47.7 Å². The lowest BCUT2D eigenvalue weighted by Gasteiger charge is -2.42. The van der Waals surface area contributed by atoms with Crippen molar-refractivity contribution < 1.29 is 33.1 Å². The maximum Gasteiger partial charge on any atom is 0.366 e. The number of pyridine rings is 1. The van der Waals surface area contributed by atoms with Crippen LogP contribution >= 0.6 is 18.9 Å². The topological polar surface area (TPSA) is 140 Å². The van der Waals surface area contributed by atoms with Crippen molar-refractivity contribution in [2.45, 2.75) is 68.5 Å². The highest BCUT2D eigenvalue weighted by Crippen LogP contribution is 2.58. The summed E-state index contributed by atoms with van der Waals surface area (Å²) in [6.07, 6.45) is 6.86. The Morgan fingerprint density at radius 1 is 1.14 bits per heavy atom. The zero-order chi connectivity index (χ0) is 29.8. The molecule has 2 aromatic heterocycles. The first kappa shape index (κ1) is 28.9. The van der Waals surface area contributed by atoms with E-state index in [4.69, 9.17) is 0 Å². The maximum absolute atomic E-state index is 14.9. The van der Waals surface area contributed by atoms with E-state index in [9.17, 15) is 33.1 Å². The number of carbonyl (C=O) groups excluding carboxylic acids is 3. The van der Waals surface area contributed by atoms with Crippen LogP contribution in [0.5, 0.6) is 0 Å². The molecule has 6 rings (SSSR count). The van der Waals surface area contributed by atoms with Crippen LogP contribution < -0.4 is 5.32 Å². The van der Waals surface area contributed by atoms with Gasteiger partial charge in [-0.15, -0.1) is 11.3 Å². The van der Waals surface area contributed by atoms with Gasteiger partial charge in [-0.3, -0.25) is 23.9 Å². The van der Waals surface area contributed by atoms with Crippen LogP contribution in [-0.4, -0.2) is 73.5 Å². The summed E-state index contributed by atoms with van der Waals surface area (Å²) in [5, 5.41) is 0.465. The van der Waals surface area contributed by atoms with Crippen molar-refractivity contribution in [1.29, 1.82) is 0 Å². The number of alkyl halides is 1. The molecule has 3 aliphatic heterocycles. The van der Waals surface area contributed by atoms with Gasteiger partial charge in [0.05, 0.1) is 4.88 Å². The van der Waals surface area contributed by atoms with Crippen LogP contribution in [0, 0.1) is 0 Å². The van der Waals surface area contributed by atoms with E-state index < -0.39 is 31.0 Å². The van der Waals surface area contributed by atoms with Crippen LogP contribution in [0.4, 0.5) is 4.39 Å². The summed E-state index contributed by atoms with van der Waals surface area (Å²) in [5.41, 5.74) is 0.911. The van der Waals surface area contributed by atoms with Gasteiger partial charge >= 0.3 is 7.60 Å². The van der Waals surface area contributed by atoms with Gasteiger partial charge in [-0.1, -0.05) is 12.1 Å². The highest BCUT2D eigenvalue weighted by Gasteiger charge is 2.48. The van der Waals surface area contributed by atoms with Crippen LogP contribution in [0.1, 0.15) is 65.7 Å². The summed E-state index contributed by atoms with van der Waals surface area (Å²) in [6, 6.07) is 8.23. The third-order valence-corrected chi connectivity index (χ3v) is 11.3. The molecule has 3 N–H and O–H groups in total. The molecule has 2 unspecified atom stereocenters. The summed E-state index contributed by atoms with van der Waals surface area (Å²) in [5.74, 6) is -0.519. The number of rotatable bonds is 6. The second-order valence-corrected chi connectivity index (χ2v) is 14.5. The third kappa shape index (κ3) is 5.15. The number of nitrogens with zero attached hydrogens (tertiary/aromatic N) is 3. The predicted octanol–water partition coefficient (Wildman–Crippen LogP) is 3.88. The fraction of sp³-hybridized carbons (Fsp3) is 0.448. The van der Waals surface area contributed by atoms with Crippen molar-refractivity contribution in [3.63, 3.8) is 0 Å². The van der Waals surface area contributed by atoms with Crippen molar-refractivity contribution >= 4 is 46.7 Å². The highest BCUT2D eigenvalue weighted by molar-refractivity contribution is 7.52. The molecule has 0 radical (unpaired) electrons. The van der Waals surface area contributed by atoms with Crippen molar-refractivity contribution in [3.05, 3.63) is 64.8 Å². The van der Waals surface area contributed by atoms with Crippen molar-refractivity contribution in [2.75, 3.05) is 13.1 Å². The molecule has 10 nitrogen and oxygen atoms in total. The maximum atomic E-state index is 14.9. The molecule has 0 bridgehead atoms. The number of nitrogens with one attached hydrogen (secondary N) is 1. The number of carbonyl (C=O) groups is 3.